The lowest BCUT2D eigenvalue weighted by Gasteiger charge is -2.38. The van der Waals surface area contributed by atoms with E-state index in [0.29, 0.717) is 11.8 Å². The first kappa shape index (κ1) is 20.8. The summed E-state index contributed by atoms with van der Waals surface area (Å²) < 4.78 is 11.6. The number of anilines is 2. The highest BCUT2D eigenvalue weighted by Gasteiger charge is 2.29. The van der Waals surface area contributed by atoms with E-state index in [0.717, 1.165) is 50.8 Å². The van der Waals surface area contributed by atoms with Crippen molar-refractivity contribution in [3.8, 4) is 11.8 Å². The monoisotopic (exact) mass is 410 g/mol. The van der Waals surface area contributed by atoms with Crippen molar-refractivity contribution in [2.24, 2.45) is 11.8 Å². The van der Waals surface area contributed by atoms with Gasteiger partial charge in [-0.05, 0) is 30.4 Å². The van der Waals surface area contributed by atoms with E-state index in [9.17, 15) is 0 Å². The first-order chi connectivity index (χ1) is 14.6. The van der Waals surface area contributed by atoms with Crippen LogP contribution < -0.4 is 19.3 Å². The summed E-state index contributed by atoms with van der Waals surface area (Å²) in [5, 5.41) is 0. The number of rotatable bonds is 6. The molecule has 6 heteroatoms. The fourth-order valence-electron chi connectivity index (χ4n) is 4.60. The van der Waals surface area contributed by atoms with Crippen molar-refractivity contribution in [2.45, 2.75) is 46.1 Å². The van der Waals surface area contributed by atoms with E-state index in [2.05, 4.69) is 52.7 Å². The minimum atomic E-state index is 0.181. The summed E-state index contributed by atoms with van der Waals surface area (Å²) in [6.07, 6.45) is 7.28. The predicted molar refractivity (Wildman–Crippen MR) is 121 cm³/mol. The van der Waals surface area contributed by atoms with Gasteiger partial charge >= 0.3 is 0 Å². The van der Waals surface area contributed by atoms with E-state index < -0.39 is 0 Å². The molecule has 2 aromatic heterocycles. The molecule has 6 nitrogen and oxygen atoms in total. The minimum absolute atomic E-state index is 0.181. The van der Waals surface area contributed by atoms with Gasteiger partial charge in [-0.2, -0.15) is 0 Å². The van der Waals surface area contributed by atoms with E-state index in [1.807, 2.05) is 18.5 Å². The maximum absolute atomic E-state index is 6.30. The second-order valence-electron chi connectivity index (χ2n) is 8.77. The van der Waals surface area contributed by atoms with Crippen molar-refractivity contribution < 1.29 is 9.47 Å². The van der Waals surface area contributed by atoms with E-state index in [-0.39, 0.29) is 6.10 Å². The van der Waals surface area contributed by atoms with Crippen molar-refractivity contribution in [2.75, 3.05) is 43.1 Å². The average Bonchev–Trinajstić information content (AvgIpc) is 3.21. The summed E-state index contributed by atoms with van der Waals surface area (Å²) in [4.78, 5) is 13.8. The number of aromatic nitrogens is 2. The van der Waals surface area contributed by atoms with Gasteiger partial charge < -0.3 is 19.3 Å². The molecule has 2 aliphatic rings. The third-order valence-electron chi connectivity index (χ3n) is 6.48. The number of ether oxygens (including phenoxy) is 2. The summed E-state index contributed by atoms with van der Waals surface area (Å²) >= 11 is 0. The van der Waals surface area contributed by atoms with Gasteiger partial charge in [0.05, 0.1) is 19.0 Å². The summed E-state index contributed by atoms with van der Waals surface area (Å²) in [6.45, 7) is 10.9. The Balaban J connectivity index is 1.38. The molecule has 0 aliphatic carbocycles. The second-order valence-corrected chi connectivity index (χ2v) is 8.77. The number of methoxy groups -OCH3 is 1. The van der Waals surface area contributed by atoms with E-state index in [4.69, 9.17) is 9.47 Å². The number of pyridine rings is 2. The Morgan fingerprint density at radius 2 is 1.80 bits per heavy atom. The molecule has 4 rings (SSSR count). The zero-order valence-corrected chi connectivity index (χ0v) is 18.7. The van der Waals surface area contributed by atoms with Crippen molar-refractivity contribution in [1.29, 1.82) is 0 Å². The third-order valence-corrected chi connectivity index (χ3v) is 6.48. The molecule has 0 N–H and O–H groups in total. The molecule has 0 saturated carbocycles. The Morgan fingerprint density at radius 1 is 1.00 bits per heavy atom. The third kappa shape index (κ3) is 4.47. The van der Waals surface area contributed by atoms with Gasteiger partial charge in [0, 0.05) is 62.5 Å². The maximum Gasteiger partial charge on any atom is 0.215 e. The van der Waals surface area contributed by atoms with Crippen LogP contribution >= 0.6 is 0 Å². The largest absolute Gasteiger partial charge is 0.481 e. The zero-order chi connectivity index (χ0) is 21.1. The molecule has 0 aromatic carbocycles. The Morgan fingerprint density at radius 3 is 2.43 bits per heavy atom. The minimum Gasteiger partial charge on any atom is -0.481 e. The summed E-state index contributed by atoms with van der Waals surface area (Å²) in [5.74, 6) is 2.57. The Labute approximate surface area is 180 Å². The van der Waals surface area contributed by atoms with E-state index >= 15 is 0 Å². The lowest BCUT2D eigenvalue weighted by molar-refractivity contribution is 0.116. The van der Waals surface area contributed by atoms with Crippen LogP contribution in [0.2, 0.25) is 0 Å². The van der Waals surface area contributed by atoms with Gasteiger partial charge in [0.15, 0.2) is 0 Å². The van der Waals surface area contributed by atoms with Crippen LogP contribution in [-0.2, 0) is 6.42 Å². The molecule has 0 spiro atoms. The fraction of sp³-hybridized carbons (Fsp3) is 0.583. The van der Waals surface area contributed by atoms with Gasteiger partial charge in [-0.15, -0.1) is 0 Å². The van der Waals surface area contributed by atoms with Gasteiger partial charge in [0.25, 0.3) is 0 Å². The van der Waals surface area contributed by atoms with E-state index in [1.165, 1.54) is 23.4 Å². The summed E-state index contributed by atoms with van der Waals surface area (Å²) in [7, 11) is 1.67. The molecule has 4 heterocycles. The second kappa shape index (κ2) is 9.11. The number of hydrogen-bond acceptors (Lipinski definition) is 6. The number of piperidine rings is 1. The Hall–Kier alpha value is -2.50. The molecule has 3 atom stereocenters. The standard InChI is InChI=1S/C24H34N4O2/c1-5-19-13-25-24(29-4)12-21(19)28-11-9-22(18(3)16-28)30-23-7-6-20(14-26-23)27-10-8-17(2)15-27/h6-7,12-14,17-18,22H,5,8-11,15-16H2,1-4H3. The fourth-order valence-corrected chi connectivity index (χ4v) is 4.60. The SMILES string of the molecule is CCc1cnc(OC)cc1N1CCC(Oc2ccc(N3CCC(C)C3)cn2)C(C)C1. The molecule has 30 heavy (non-hydrogen) atoms. The average molecular weight is 411 g/mol. The highest BCUT2D eigenvalue weighted by Crippen LogP contribution is 2.31. The lowest BCUT2D eigenvalue weighted by Crippen LogP contribution is -2.44. The molecule has 2 fully saturated rings. The Kier molecular flexibility index (Phi) is 6.30. The number of aryl methyl sites for hydroxylation is 1. The lowest BCUT2D eigenvalue weighted by atomic mass is 9.95. The maximum atomic E-state index is 6.30. The molecule has 2 aliphatic heterocycles. The predicted octanol–water partition coefficient (Wildman–Crippen LogP) is 4.19. The van der Waals surface area contributed by atoms with Gasteiger partial charge in [-0.25, -0.2) is 9.97 Å². The summed E-state index contributed by atoms with van der Waals surface area (Å²) in [5.41, 5.74) is 3.70. The zero-order valence-electron chi connectivity index (χ0n) is 18.7. The van der Waals surface area contributed by atoms with Crippen LogP contribution in [0.25, 0.3) is 0 Å². The van der Waals surface area contributed by atoms with Crippen LogP contribution in [0, 0.1) is 11.8 Å². The quantitative estimate of drug-likeness (QED) is 0.712. The van der Waals surface area contributed by atoms with Crippen LogP contribution in [0.5, 0.6) is 11.8 Å². The molecule has 162 valence electrons. The van der Waals surface area contributed by atoms with Gasteiger partial charge in [-0.1, -0.05) is 20.8 Å². The number of hydrogen-bond donors (Lipinski definition) is 0. The topological polar surface area (TPSA) is 50.7 Å². The van der Waals surface area contributed by atoms with Gasteiger partial charge in [-0.3, -0.25) is 0 Å². The van der Waals surface area contributed by atoms with Gasteiger partial charge in [0.2, 0.25) is 11.8 Å². The van der Waals surface area contributed by atoms with E-state index in [1.54, 1.807) is 7.11 Å². The van der Waals surface area contributed by atoms with Crippen molar-refractivity contribution in [3.05, 3.63) is 36.2 Å². The van der Waals surface area contributed by atoms with Crippen LogP contribution in [0.1, 0.15) is 39.2 Å². The molecular weight excluding hydrogens is 376 g/mol. The van der Waals surface area contributed by atoms with Crippen molar-refractivity contribution >= 4 is 11.4 Å². The highest BCUT2D eigenvalue weighted by molar-refractivity contribution is 5.55. The van der Waals surface area contributed by atoms with Crippen LogP contribution in [0.4, 0.5) is 11.4 Å². The molecule has 2 aromatic rings. The van der Waals surface area contributed by atoms with Crippen molar-refractivity contribution in [1.82, 2.24) is 9.97 Å². The molecule has 0 amide bonds. The van der Waals surface area contributed by atoms with Gasteiger partial charge in [0.1, 0.15) is 6.10 Å². The summed E-state index contributed by atoms with van der Waals surface area (Å²) in [6, 6.07) is 6.24. The molecular formula is C24H34N4O2. The smallest absolute Gasteiger partial charge is 0.215 e. The van der Waals surface area contributed by atoms with Crippen LogP contribution in [0.15, 0.2) is 30.6 Å². The normalized spacial score (nSPS) is 24.2. The molecule has 3 unspecified atom stereocenters. The Bertz CT molecular complexity index is 842. The first-order valence-corrected chi connectivity index (χ1v) is 11.2. The highest BCUT2D eigenvalue weighted by atomic mass is 16.5. The molecule has 2 saturated heterocycles. The first-order valence-electron chi connectivity index (χ1n) is 11.2. The molecule has 0 radical (unpaired) electrons. The van der Waals surface area contributed by atoms with Crippen LogP contribution in [0.3, 0.4) is 0 Å². The van der Waals surface area contributed by atoms with Crippen molar-refractivity contribution in [3.63, 3.8) is 0 Å². The van der Waals surface area contributed by atoms with Crippen LogP contribution in [-0.4, -0.2) is 49.4 Å². The number of nitrogens with zero attached hydrogens (tertiary/aromatic N) is 4. The molecule has 0 bridgehead atoms.